The zero-order valence-electron chi connectivity index (χ0n) is 12.4. The Kier molecular flexibility index (Phi) is 3.93. The van der Waals surface area contributed by atoms with Crippen molar-refractivity contribution in [2.24, 2.45) is 0 Å². The molecule has 0 bridgehead atoms. The second kappa shape index (κ2) is 5.77. The van der Waals surface area contributed by atoms with Gasteiger partial charge >= 0.3 is 12.1 Å². The van der Waals surface area contributed by atoms with E-state index in [9.17, 15) is 18.0 Å². The van der Waals surface area contributed by atoms with Crippen molar-refractivity contribution in [3.8, 4) is 0 Å². The van der Waals surface area contributed by atoms with E-state index < -0.39 is 12.1 Å². The van der Waals surface area contributed by atoms with Crippen molar-refractivity contribution < 1.29 is 22.8 Å². The van der Waals surface area contributed by atoms with Crippen LogP contribution in [0.2, 0.25) is 0 Å². The molecule has 0 amide bonds. The zero-order valence-corrected chi connectivity index (χ0v) is 12.4. The Balaban J connectivity index is 1.99. The molecule has 1 aromatic heterocycles. The number of anilines is 1. The smallest absolute Gasteiger partial charge is 0.367 e. The summed E-state index contributed by atoms with van der Waals surface area (Å²) in [6, 6.07) is 7.30. The van der Waals surface area contributed by atoms with Crippen LogP contribution in [0.4, 0.5) is 18.9 Å². The quantitative estimate of drug-likeness (QED) is 0.916. The summed E-state index contributed by atoms with van der Waals surface area (Å²) in [5, 5.41) is 4.02. The fraction of sp³-hybridized carbons (Fsp3) is 0.400. The first-order chi connectivity index (χ1) is 10.9. The minimum absolute atomic E-state index is 0.264. The Morgan fingerprint density at radius 3 is 2.83 bits per heavy atom. The van der Waals surface area contributed by atoms with Crippen molar-refractivity contribution in [3.05, 3.63) is 30.5 Å². The number of halogens is 3. The van der Waals surface area contributed by atoms with Gasteiger partial charge in [-0.25, -0.2) is 4.79 Å². The van der Waals surface area contributed by atoms with E-state index in [0.717, 1.165) is 30.1 Å². The summed E-state index contributed by atoms with van der Waals surface area (Å²) in [7, 11) is 0. The maximum atomic E-state index is 12.4. The number of piperazine rings is 1. The van der Waals surface area contributed by atoms with Gasteiger partial charge in [-0.15, -0.1) is 0 Å². The number of carbonyl (C=O) groups is 1. The molecule has 3 rings (SSSR count). The second-order valence-electron chi connectivity index (χ2n) is 5.53. The van der Waals surface area contributed by atoms with Crippen LogP contribution in [0.15, 0.2) is 30.5 Å². The normalized spacial score (nSPS) is 19.1. The first-order valence-corrected chi connectivity index (χ1v) is 7.24. The van der Waals surface area contributed by atoms with E-state index in [2.05, 4.69) is 15.1 Å². The van der Waals surface area contributed by atoms with Gasteiger partial charge in [-0.3, -0.25) is 0 Å². The van der Waals surface area contributed by atoms with Gasteiger partial charge in [0.25, 0.3) is 0 Å². The first kappa shape index (κ1) is 15.7. The third-order valence-corrected chi connectivity index (χ3v) is 3.78. The third kappa shape index (κ3) is 3.12. The number of alkyl halides is 3. The number of benzene rings is 1. The van der Waals surface area contributed by atoms with Gasteiger partial charge in [0.1, 0.15) is 5.52 Å². The van der Waals surface area contributed by atoms with Crippen molar-refractivity contribution in [2.75, 3.05) is 24.5 Å². The highest BCUT2D eigenvalue weighted by atomic mass is 19.4. The highest BCUT2D eigenvalue weighted by molar-refractivity contribution is 5.92. The summed E-state index contributed by atoms with van der Waals surface area (Å²) in [6.45, 7) is 4.26. The van der Waals surface area contributed by atoms with E-state index >= 15 is 0 Å². The number of nitrogens with zero attached hydrogens (tertiary/aromatic N) is 2. The Bertz CT molecular complexity index is 726. The minimum Gasteiger partial charge on any atom is -0.367 e. The van der Waals surface area contributed by atoms with Crippen LogP contribution >= 0.6 is 0 Å². The number of hydrogen-bond acceptors (Lipinski definition) is 4. The van der Waals surface area contributed by atoms with E-state index in [4.69, 9.17) is 0 Å². The number of hydrogen-bond donors (Lipinski definition) is 1. The van der Waals surface area contributed by atoms with Gasteiger partial charge in [0.05, 0.1) is 5.69 Å². The van der Waals surface area contributed by atoms with E-state index in [1.807, 2.05) is 19.1 Å². The fourth-order valence-corrected chi connectivity index (χ4v) is 2.77. The third-order valence-electron chi connectivity index (χ3n) is 3.78. The molecule has 8 heteroatoms. The molecule has 0 radical (unpaired) electrons. The lowest BCUT2D eigenvalue weighted by molar-refractivity contribution is -0.199. The first-order valence-electron chi connectivity index (χ1n) is 7.24. The number of para-hydroxylation sites is 1. The van der Waals surface area contributed by atoms with Gasteiger partial charge in [-0.2, -0.15) is 17.9 Å². The van der Waals surface area contributed by atoms with Gasteiger partial charge in [0, 0.05) is 37.3 Å². The Morgan fingerprint density at radius 1 is 1.35 bits per heavy atom. The molecule has 124 valence electrons. The van der Waals surface area contributed by atoms with Crippen LogP contribution in [0.5, 0.6) is 0 Å². The van der Waals surface area contributed by atoms with Crippen LogP contribution in [0.25, 0.3) is 10.9 Å². The van der Waals surface area contributed by atoms with E-state index in [-0.39, 0.29) is 6.04 Å². The fourth-order valence-electron chi connectivity index (χ4n) is 2.77. The Morgan fingerprint density at radius 2 is 2.13 bits per heavy atom. The standard InChI is InChI=1S/C15H16F3N3O2/c1-10-9-20(8-6-19-10)12-4-2-3-11-5-7-21(13(11)12)23-14(22)15(16,17)18/h2-5,7,10,19H,6,8-9H2,1H3/t10-/m0/s1. The molecule has 1 fully saturated rings. The molecule has 0 aliphatic carbocycles. The van der Waals surface area contributed by atoms with Gasteiger partial charge < -0.3 is 15.1 Å². The SMILES string of the molecule is C[C@H]1CN(c2cccc3ccn(OC(=O)C(F)(F)F)c23)CCN1. The van der Waals surface area contributed by atoms with E-state index in [0.29, 0.717) is 10.9 Å². The van der Waals surface area contributed by atoms with Crippen LogP contribution in [-0.4, -0.2) is 42.6 Å². The Labute approximate surface area is 130 Å². The molecule has 1 aliphatic rings. The van der Waals surface area contributed by atoms with E-state index in [1.54, 1.807) is 12.1 Å². The molecule has 23 heavy (non-hydrogen) atoms. The number of nitrogens with one attached hydrogen (secondary N) is 1. The molecule has 2 heterocycles. The summed E-state index contributed by atoms with van der Waals surface area (Å²) in [5.74, 6) is -2.24. The van der Waals surface area contributed by atoms with Crippen LogP contribution in [0.1, 0.15) is 6.92 Å². The van der Waals surface area contributed by atoms with Crippen molar-refractivity contribution in [1.82, 2.24) is 10.0 Å². The van der Waals surface area contributed by atoms with Crippen molar-refractivity contribution in [3.63, 3.8) is 0 Å². The highest BCUT2D eigenvalue weighted by Gasteiger charge is 2.42. The molecule has 2 aromatic rings. The van der Waals surface area contributed by atoms with Crippen LogP contribution in [0.3, 0.4) is 0 Å². The van der Waals surface area contributed by atoms with Crippen LogP contribution < -0.4 is 15.1 Å². The average Bonchev–Trinajstić information content (AvgIpc) is 2.89. The zero-order chi connectivity index (χ0) is 16.6. The molecule has 0 saturated carbocycles. The summed E-state index contributed by atoms with van der Waals surface area (Å²) in [4.78, 5) is 17.7. The molecular weight excluding hydrogens is 311 g/mol. The van der Waals surface area contributed by atoms with Crippen molar-refractivity contribution in [1.29, 1.82) is 0 Å². The average molecular weight is 327 g/mol. The molecule has 1 N–H and O–H groups in total. The number of carbonyl (C=O) groups excluding carboxylic acids is 1. The largest absolute Gasteiger partial charge is 0.493 e. The summed E-state index contributed by atoms with van der Waals surface area (Å²) >= 11 is 0. The lowest BCUT2D eigenvalue weighted by atomic mass is 10.1. The van der Waals surface area contributed by atoms with Gasteiger partial charge in [0.2, 0.25) is 0 Å². The molecular formula is C15H16F3N3O2. The molecule has 1 aliphatic heterocycles. The predicted octanol–water partition coefficient (Wildman–Crippen LogP) is 1.96. The molecule has 1 aromatic carbocycles. The van der Waals surface area contributed by atoms with E-state index in [1.165, 1.54) is 6.20 Å². The van der Waals surface area contributed by atoms with Gasteiger partial charge in [-0.1, -0.05) is 12.1 Å². The number of rotatable bonds is 2. The molecule has 1 atom stereocenters. The topological polar surface area (TPSA) is 46.5 Å². The summed E-state index contributed by atoms with van der Waals surface area (Å²) < 4.78 is 38.2. The van der Waals surface area contributed by atoms with Crippen LogP contribution in [-0.2, 0) is 4.79 Å². The van der Waals surface area contributed by atoms with Crippen LogP contribution in [0, 0.1) is 0 Å². The molecule has 1 saturated heterocycles. The Hall–Kier alpha value is -2.22. The minimum atomic E-state index is -5.03. The maximum Gasteiger partial charge on any atom is 0.493 e. The van der Waals surface area contributed by atoms with Gasteiger partial charge in [-0.05, 0) is 19.1 Å². The number of fused-ring (bicyclic) bond motifs is 1. The molecule has 5 nitrogen and oxygen atoms in total. The summed E-state index contributed by atoms with van der Waals surface area (Å²) in [6.07, 6.45) is -3.71. The molecule has 0 spiro atoms. The summed E-state index contributed by atoms with van der Waals surface area (Å²) in [5.41, 5.74) is 1.20. The molecule has 0 unspecified atom stereocenters. The predicted molar refractivity (Wildman–Crippen MR) is 79.3 cm³/mol. The van der Waals surface area contributed by atoms with Gasteiger partial charge in [0.15, 0.2) is 0 Å². The monoisotopic (exact) mass is 327 g/mol. The van der Waals surface area contributed by atoms with Crippen molar-refractivity contribution in [2.45, 2.75) is 19.1 Å². The highest BCUT2D eigenvalue weighted by Crippen LogP contribution is 2.28. The maximum absolute atomic E-state index is 12.4. The second-order valence-corrected chi connectivity index (χ2v) is 5.53. The van der Waals surface area contributed by atoms with Crippen molar-refractivity contribution >= 4 is 22.6 Å². The lowest BCUT2D eigenvalue weighted by Crippen LogP contribution is -2.49. The lowest BCUT2D eigenvalue weighted by Gasteiger charge is -2.34. The number of aromatic nitrogens is 1.